The van der Waals surface area contributed by atoms with Crippen LogP contribution in [0.5, 0.6) is 11.5 Å². The van der Waals surface area contributed by atoms with Crippen LogP contribution in [0.15, 0.2) is 35.0 Å². The Balaban J connectivity index is 1.68. The SMILES string of the molecule is CN1CCN(c2c(F)cc(NC3=C(Cl)C(=O)c4c(O)ccc(O)c4C3=O)cc2F)CC1. The molecular formula is C21H18ClF2N3O4. The summed E-state index contributed by atoms with van der Waals surface area (Å²) >= 11 is 6.03. The Morgan fingerprint density at radius 3 is 2.00 bits per heavy atom. The van der Waals surface area contributed by atoms with Gasteiger partial charge in [0.25, 0.3) is 0 Å². The van der Waals surface area contributed by atoms with Crippen molar-refractivity contribution in [1.82, 2.24) is 4.90 Å². The first-order valence-corrected chi connectivity index (χ1v) is 9.80. The number of hydrogen-bond acceptors (Lipinski definition) is 7. The summed E-state index contributed by atoms with van der Waals surface area (Å²) in [6, 6.07) is 4.12. The second kappa shape index (κ2) is 7.82. The van der Waals surface area contributed by atoms with E-state index in [1.807, 2.05) is 11.9 Å². The van der Waals surface area contributed by atoms with Crippen LogP contribution < -0.4 is 10.2 Å². The summed E-state index contributed by atoms with van der Waals surface area (Å²) in [6.07, 6.45) is 0. The van der Waals surface area contributed by atoms with E-state index >= 15 is 0 Å². The van der Waals surface area contributed by atoms with E-state index in [-0.39, 0.29) is 11.4 Å². The number of ketones is 2. The third kappa shape index (κ3) is 3.60. The number of halogens is 3. The molecule has 0 spiro atoms. The third-order valence-electron chi connectivity index (χ3n) is 5.37. The number of fused-ring (bicyclic) bond motifs is 1. The molecule has 0 unspecified atom stereocenters. The number of nitrogens with one attached hydrogen (secondary N) is 1. The molecule has 0 radical (unpaired) electrons. The number of rotatable bonds is 3. The molecule has 2 aliphatic rings. The lowest BCUT2D eigenvalue weighted by Crippen LogP contribution is -2.45. The van der Waals surface area contributed by atoms with Crippen molar-refractivity contribution in [2.45, 2.75) is 0 Å². The summed E-state index contributed by atoms with van der Waals surface area (Å²) in [7, 11) is 1.92. The number of anilines is 2. The van der Waals surface area contributed by atoms with Gasteiger partial charge >= 0.3 is 0 Å². The molecule has 2 aromatic carbocycles. The van der Waals surface area contributed by atoms with Crippen LogP contribution in [0, 0.1) is 11.6 Å². The number of carbonyl (C=O) groups is 2. The van der Waals surface area contributed by atoms with Crippen LogP contribution in [0.3, 0.4) is 0 Å². The number of aromatic hydroxyl groups is 2. The maximum absolute atomic E-state index is 14.8. The minimum Gasteiger partial charge on any atom is -0.507 e. The van der Waals surface area contributed by atoms with Crippen molar-refractivity contribution < 1.29 is 28.6 Å². The molecule has 7 nitrogen and oxygen atoms in total. The molecule has 162 valence electrons. The Hall–Kier alpha value is -3.17. The Morgan fingerprint density at radius 2 is 1.45 bits per heavy atom. The molecule has 0 saturated carbocycles. The summed E-state index contributed by atoms with van der Waals surface area (Å²) in [5.41, 5.74) is -1.62. The van der Waals surface area contributed by atoms with Gasteiger partial charge in [0.2, 0.25) is 11.6 Å². The summed E-state index contributed by atoms with van der Waals surface area (Å²) in [5.74, 6) is -4.51. The monoisotopic (exact) mass is 449 g/mol. The van der Waals surface area contributed by atoms with Crippen molar-refractivity contribution in [2.24, 2.45) is 0 Å². The fraction of sp³-hybridized carbons (Fsp3) is 0.238. The second-order valence-corrected chi connectivity index (χ2v) is 7.78. The molecule has 1 aliphatic heterocycles. The zero-order chi connectivity index (χ0) is 22.4. The molecule has 0 aromatic heterocycles. The predicted octanol–water partition coefficient (Wildman–Crippen LogP) is 3.07. The van der Waals surface area contributed by atoms with E-state index in [4.69, 9.17) is 11.6 Å². The quantitative estimate of drug-likeness (QED) is 0.620. The molecular weight excluding hydrogens is 432 g/mol. The van der Waals surface area contributed by atoms with Gasteiger partial charge in [-0.3, -0.25) is 9.59 Å². The highest BCUT2D eigenvalue weighted by molar-refractivity contribution is 6.50. The number of allylic oxidation sites excluding steroid dienone is 2. The Labute approximate surface area is 181 Å². The predicted molar refractivity (Wildman–Crippen MR) is 111 cm³/mol. The number of likely N-dealkylation sites (N-methyl/N-ethyl adjacent to an activating group) is 1. The zero-order valence-electron chi connectivity index (χ0n) is 16.4. The minimum atomic E-state index is -0.901. The molecule has 1 saturated heterocycles. The lowest BCUT2D eigenvalue weighted by molar-refractivity contribution is 0.0977. The van der Waals surface area contributed by atoms with Gasteiger partial charge in [0.1, 0.15) is 27.9 Å². The lowest BCUT2D eigenvalue weighted by Gasteiger charge is -2.34. The van der Waals surface area contributed by atoms with Crippen LogP contribution in [0.1, 0.15) is 20.7 Å². The van der Waals surface area contributed by atoms with Gasteiger partial charge in [0.15, 0.2) is 11.6 Å². The normalized spacial score (nSPS) is 17.2. The number of phenols is 2. The fourth-order valence-corrected chi connectivity index (χ4v) is 3.94. The topological polar surface area (TPSA) is 93.1 Å². The maximum Gasteiger partial charge on any atom is 0.215 e. The van der Waals surface area contributed by atoms with Crippen molar-refractivity contribution in [3.63, 3.8) is 0 Å². The van der Waals surface area contributed by atoms with Crippen molar-refractivity contribution in [1.29, 1.82) is 0 Å². The van der Waals surface area contributed by atoms with Gasteiger partial charge in [0, 0.05) is 31.9 Å². The van der Waals surface area contributed by atoms with E-state index in [1.165, 1.54) is 0 Å². The van der Waals surface area contributed by atoms with E-state index < -0.39 is 56.6 Å². The summed E-state index contributed by atoms with van der Waals surface area (Å²) < 4.78 is 29.5. The van der Waals surface area contributed by atoms with Gasteiger partial charge < -0.3 is 25.3 Å². The van der Waals surface area contributed by atoms with Gasteiger partial charge in [0.05, 0.1) is 11.1 Å². The van der Waals surface area contributed by atoms with Gasteiger partial charge in [-0.15, -0.1) is 0 Å². The molecule has 0 atom stereocenters. The Morgan fingerprint density at radius 1 is 0.935 bits per heavy atom. The average molecular weight is 450 g/mol. The number of nitrogens with zero attached hydrogens (tertiary/aromatic N) is 2. The van der Waals surface area contributed by atoms with Crippen LogP contribution in [-0.4, -0.2) is 59.9 Å². The number of hydrogen-bond donors (Lipinski definition) is 3. The number of benzene rings is 2. The highest BCUT2D eigenvalue weighted by Crippen LogP contribution is 2.39. The highest BCUT2D eigenvalue weighted by Gasteiger charge is 2.36. The van der Waals surface area contributed by atoms with E-state index in [0.29, 0.717) is 26.2 Å². The molecule has 31 heavy (non-hydrogen) atoms. The zero-order valence-corrected chi connectivity index (χ0v) is 17.1. The van der Waals surface area contributed by atoms with E-state index in [1.54, 1.807) is 4.90 Å². The first-order chi connectivity index (χ1) is 14.7. The summed E-state index contributed by atoms with van der Waals surface area (Å²) in [4.78, 5) is 29.0. The average Bonchev–Trinajstić information content (AvgIpc) is 2.72. The molecule has 0 bridgehead atoms. The molecule has 10 heteroatoms. The molecule has 0 amide bonds. The van der Waals surface area contributed by atoms with E-state index in [9.17, 15) is 28.6 Å². The van der Waals surface area contributed by atoms with E-state index in [2.05, 4.69) is 5.32 Å². The van der Waals surface area contributed by atoms with Crippen LogP contribution in [0.25, 0.3) is 0 Å². The largest absolute Gasteiger partial charge is 0.507 e. The summed E-state index contributed by atoms with van der Waals surface area (Å²) in [5, 5.41) is 21.9. The summed E-state index contributed by atoms with van der Waals surface area (Å²) in [6.45, 7) is 2.24. The van der Waals surface area contributed by atoms with Crippen LogP contribution >= 0.6 is 11.6 Å². The number of carbonyl (C=O) groups excluding carboxylic acids is 2. The minimum absolute atomic E-state index is 0.134. The van der Waals surface area contributed by atoms with Crippen LogP contribution in [0.2, 0.25) is 0 Å². The second-order valence-electron chi connectivity index (χ2n) is 7.40. The molecule has 4 rings (SSSR count). The van der Waals surface area contributed by atoms with Crippen LogP contribution in [-0.2, 0) is 0 Å². The number of piperazine rings is 1. The third-order valence-corrected chi connectivity index (χ3v) is 5.73. The molecule has 1 fully saturated rings. The first-order valence-electron chi connectivity index (χ1n) is 9.42. The van der Waals surface area contributed by atoms with Crippen LogP contribution in [0.4, 0.5) is 20.2 Å². The highest BCUT2D eigenvalue weighted by atomic mass is 35.5. The maximum atomic E-state index is 14.8. The van der Waals surface area contributed by atoms with Gasteiger partial charge in [-0.2, -0.15) is 0 Å². The van der Waals surface area contributed by atoms with Crippen molar-refractivity contribution in [3.05, 3.63) is 57.8 Å². The molecule has 2 aromatic rings. The van der Waals surface area contributed by atoms with Gasteiger partial charge in [-0.25, -0.2) is 8.78 Å². The Bertz CT molecular complexity index is 1120. The van der Waals surface area contributed by atoms with E-state index in [0.717, 1.165) is 24.3 Å². The molecule has 3 N–H and O–H groups in total. The van der Waals surface area contributed by atoms with Crippen molar-refractivity contribution in [3.8, 4) is 11.5 Å². The number of Topliss-reactive ketones (excluding diaryl/α,β-unsaturated/α-hetero) is 2. The van der Waals surface area contributed by atoms with Gasteiger partial charge in [-0.05, 0) is 31.3 Å². The number of phenolic OH excluding ortho intramolecular Hbond substituents is 2. The lowest BCUT2D eigenvalue weighted by atomic mass is 9.90. The van der Waals surface area contributed by atoms with Gasteiger partial charge in [-0.1, -0.05) is 11.6 Å². The Kier molecular flexibility index (Phi) is 5.32. The fourth-order valence-electron chi connectivity index (χ4n) is 3.71. The van der Waals surface area contributed by atoms with Crippen molar-refractivity contribution >= 4 is 34.5 Å². The smallest absolute Gasteiger partial charge is 0.215 e. The van der Waals surface area contributed by atoms with Crippen molar-refractivity contribution in [2.75, 3.05) is 43.4 Å². The first kappa shape index (κ1) is 21.1. The standard InChI is InChI=1S/C21H18ClF2N3O4/c1-26-4-6-27(7-5-26)19-11(23)8-10(9-12(19)24)25-18-17(22)20(30)15-13(28)2-3-14(29)16(15)21(18)31/h2-3,8-9,25,28-29H,4-7H2,1H3. The molecule has 1 aliphatic carbocycles. The molecule has 1 heterocycles.